The minimum Gasteiger partial charge on any atom is -0.465 e. The van der Waals surface area contributed by atoms with E-state index in [0.717, 1.165) is 11.1 Å². The number of hydrogen-bond donors (Lipinski definition) is 0. The molecule has 0 unspecified atom stereocenters. The Bertz CT molecular complexity index is 707. The van der Waals surface area contributed by atoms with Crippen molar-refractivity contribution in [3.8, 4) is 0 Å². The van der Waals surface area contributed by atoms with E-state index >= 15 is 0 Å². The fourth-order valence-corrected chi connectivity index (χ4v) is 2.33. The third-order valence-electron chi connectivity index (χ3n) is 3.53. The molecule has 0 saturated carbocycles. The molecule has 0 spiro atoms. The Balaban J connectivity index is 2.28. The molecule has 0 amide bonds. The molecule has 0 bridgehead atoms. The molecule has 0 heterocycles. The zero-order valence-electron chi connectivity index (χ0n) is 12.6. The number of Topliss-reactive ketones (excluding diaryl/α,β-unsaturated/α-hetero) is 1. The lowest BCUT2D eigenvalue weighted by Gasteiger charge is -2.10. The average Bonchev–Trinajstić information content (AvgIpc) is 2.54. The Morgan fingerprint density at radius 2 is 1.82 bits per heavy atom. The molecule has 22 heavy (non-hydrogen) atoms. The van der Waals surface area contributed by atoms with E-state index < -0.39 is 11.8 Å². The van der Waals surface area contributed by atoms with Crippen LogP contribution in [0.25, 0.3) is 0 Å². The van der Waals surface area contributed by atoms with Gasteiger partial charge in [-0.25, -0.2) is 9.18 Å². The van der Waals surface area contributed by atoms with Gasteiger partial charge in [0.15, 0.2) is 5.78 Å². The largest absolute Gasteiger partial charge is 0.465 e. The standard InChI is InChI=1S/C18H17FO3/c1-3-12-10-14(18(21)22-2)9-8-13(12)11-17(20)15-6-4-5-7-16(15)19/h4-10H,3,11H2,1-2H3. The van der Waals surface area contributed by atoms with Gasteiger partial charge in [0.25, 0.3) is 0 Å². The van der Waals surface area contributed by atoms with Gasteiger partial charge in [-0.2, -0.15) is 0 Å². The third kappa shape index (κ3) is 3.39. The van der Waals surface area contributed by atoms with Crippen LogP contribution in [0.2, 0.25) is 0 Å². The predicted molar refractivity (Wildman–Crippen MR) is 81.6 cm³/mol. The summed E-state index contributed by atoms with van der Waals surface area (Å²) in [5.74, 6) is -1.21. The van der Waals surface area contributed by atoms with Gasteiger partial charge in [0, 0.05) is 6.42 Å². The molecule has 114 valence electrons. The first-order valence-electron chi connectivity index (χ1n) is 7.04. The second kappa shape index (κ2) is 6.98. The van der Waals surface area contributed by atoms with Gasteiger partial charge in [0.2, 0.25) is 0 Å². The number of carbonyl (C=O) groups excluding carboxylic acids is 2. The first-order chi connectivity index (χ1) is 10.6. The van der Waals surface area contributed by atoms with Gasteiger partial charge in [0.05, 0.1) is 18.2 Å². The quantitative estimate of drug-likeness (QED) is 0.626. The Labute approximate surface area is 128 Å². The molecule has 2 aromatic carbocycles. The predicted octanol–water partition coefficient (Wildman–Crippen LogP) is 3.60. The first-order valence-corrected chi connectivity index (χ1v) is 7.04. The van der Waals surface area contributed by atoms with Crippen molar-refractivity contribution in [3.05, 3.63) is 70.5 Å². The summed E-state index contributed by atoms with van der Waals surface area (Å²) in [5.41, 5.74) is 2.21. The monoisotopic (exact) mass is 300 g/mol. The van der Waals surface area contributed by atoms with Gasteiger partial charge >= 0.3 is 5.97 Å². The van der Waals surface area contributed by atoms with Crippen molar-refractivity contribution >= 4 is 11.8 Å². The van der Waals surface area contributed by atoms with Crippen molar-refractivity contribution in [2.24, 2.45) is 0 Å². The molecule has 2 aromatic rings. The highest BCUT2D eigenvalue weighted by Gasteiger charge is 2.15. The molecule has 0 atom stereocenters. The van der Waals surface area contributed by atoms with E-state index in [9.17, 15) is 14.0 Å². The van der Waals surface area contributed by atoms with Crippen LogP contribution in [0.3, 0.4) is 0 Å². The summed E-state index contributed by atoms with van der Waals surface area (Å²) in [5, 5.41) is 0. The number of benzene rings is 2. The third-order valence-corrected chi connectivity index (χ3v) is 3.53. The highest BCUT2D eigenvalue weighted by Crippen LogP contribution is 2.17. The van der Waals surface area contributed by atoms with E-state index in [-0.39, 0.29) is 17.8 Å². The highest BCUT2D eigenvalue weighted by molar-refractivity contribution is 5.98. The number of ether oxygens (including phenoxy) is 1. The lowest BCUT2D eigenvalue weighted by Crippen LogP contribution is -2.09. The number of methoxy groups -OCH3 is 1. The van der Waals surface area contributed by atoms with Gasteiger partial charge in [-0.1, -0.05) is 25.1 Å². The summed E-state index contributed by atoms with van der Waals surface area (Å²) < 4.78 is 18.3. The van der Waals surface area contributed by atoms with Crippen LogP contribution in [-0.2, 0) is 17.6 Å². The van der Waals surface area contributed by atoms with E-state index in [1.54, 1.807) is 30.3 Å². The smallest absolute Gasteiger partial charge is 0.337 e. The minimum absolute atomic E-state index is 0.0848. The molecule has 0 aliphatic carbocycles. The first kappa shape index (κ1) is 15.9. The highest BCUT2D eigenvalue weighted by atomic mass is 19.1. The summed E-state index contributed by atoms with van der Waals surface area (Å²) in [6, 6.07) is 11.0. The summed E-state index contributed by atoms with van der Waals surface area (Å²) in [4.78, 5) is 23.8. The van der Waals surface area contributed by atoms with Crippen LogP contribution in [0.15, 0.2) is 42.5 Å². The topological polar surface area (TPSA) is 43.4 Å². The Hall–Kier alpha value is -2.49. The summed E-state index contributed by atoms with van der Waals surface area (Å²) in [6.07, 6.45) is 0.774. The fourth-order valence-electron chi connectivity index (χ4n) is 2.33. The van der Waals surface area contributed by atoms with E-state index in [0.29, 0.717) is 12.0 Å². The van der Waals surface area contributed by atoms with Gasteiger partial charge in [-0.05, 0) is 41.8 Å². The van der Waals surface area contributed by atoms with Crippen LogP contribution >= 0.6 is 0 Å². The molecule has 2 rings (SSSR count). The van der Waals surface area contributed by atoms with Gasteiger partial charge in [0.1, 0.15) is 5.82 Å². The Morgan fingerprint density at radius 3 is 2.45 bits per heavy atom. The molecule has 4 heteroatoms. The molecule has 0 fully saturated rings. The van der Waals surface area contributed by atoms with Crippen molar-refractivity contribution in [1.29, 1.82) is 0 Å². The van der Waals surface area contributed by atoms with Gasteiger partial charge in [-0.3, -0.25) is 4.79 Å². The molecule has 0 saturated heterocycles. The van der Waals surface area contributed by atoms with Crippen LogP contribution in [-0.4, -0.2) is 18.9 Å². The minimum atomic E-state index is -0.517. The zero-order valence-corrected chi connectivity index (χ0v) is 12.6. The zero-order chi connectivity index (χ0) is 16.1. The average molecular weight is 300 g/mol. The van der Waals surface area contributed by atoms with Crippen LogP contribution in [0.5, 0.6) is 0 Å². The molecule has 0 aromatic heterocycles. The van der Waals surface area contributed by atoms with Crippen LogP contribution < -0.4 is 0 Å². The lowest BCUT2D eigenvalue weighted by molar-refractivity contribution is 0.0600. The van der Waals surface area contributed by atoms with Crippen LogP contribution in [0, 0.1) is 5.82 Å². The fraction of sp³-hybridized carbons (Fsp3) is 0.222. The van der Waals surface area contributed by atoms with Crippen molar-refractivity contribution in [2.75, 3.05) is 7.11 Å². The van der Waals surface area contributed by atoms with Crippen molar-refractivity contribution in [1.82, 2.24) is 0 Å². The number of hydrogen-bond acceptors (Lipinski definition) is 3. The van der Waals surface area contributed by atoms with E-state index in [4.69, 9.17) is 0 Å². The van der Waals surface area contributed by atoms with E-state index in [2.05, 4.69) is 4.74 Å². The second-order valence-electron chi connectivity index (χ2n) is 4.91. The van der Waals surface area contributed by atoms with E-state index in [1.807, 2.05) is 6.92 Å². The lowest BCUT2D eigenvalue weighted by atomic mass is 9.95. The van der Waals surface area contributed by atoms with Crippen LogP contribution in [0.4, 0.5) is 4.39 Å². The molecule has 3 nitrogen and oxygen atoms in total. The molecule has 0 N–H and O–H groups in total. The SMILES string of the molecule is CCc1cc(C(=O)OC)ccc1CC(=O)c1ccccc1F. The molecular formula is C18H17FO3. The van der Waals surface area contributed by atoms with Gasteiger partial charge < -0.3 is 4.74 Å². The van der Waals surface area contributed by atoms with Crippen molar-refractivity contribution < 1.29 is 18.7 Å². The molecule has 0 aliphatic rings. The second-order valence-corrected chi connectivity index (χ2v) is 4.91. The summed E-state index contributed by atoms with van der Waals surface area (Å²) >= 11 is 0. The number of aryl methyl sites for hydroxylation is 1. The number of ketones is 1. The molecule has 0 radical (unpaired) electrons. The molecular weight excluding hydrogens is 283 g/mol. The van der Waals surface area contributed by atoms with Crippen molar-refractivity contribution in [3.63, 3.8) is 0 Å². The van der Waals surface area contributed by atoms with Gasteiger partial charge in [-0.15, -0.1) is 0 Å². The Morgan fingerprint density at radius 1 is 1.09 bits per heavy atom. The normalized spacial score (nSPS) is 10.3. The van der Waals surface area contributed by atoms with E-state index in [1.165, 1.54) is 19.2 Å². The Kier molecular flexibility index (Phi) is 5.04. The number of carbonyl (C=O) groups is 2. The summed E-state index contributed by atoms with van der Waals surface area (Å²) in [6.45, 7) is 1.94. The maximum atomic E-state index is 13.7. The van der Waals surface area contributed by atoms with Crippen molar-refractivity contribution in [2.45, 2.75) is 19.8 Å². The number of rotatable bonds is 5. The summed E-state index contributed by atoms with van der Waals surface area (Å²) in [7, 11) is 1.32. The number of halogens is 1. The maximum Gasteiger partial charge on any atom is 0.337 e. The van der Waals surface area contributed by atoms with Crippen LogP contribution in [0.1, 0.15) is 38.8 Å². The molecule has 0 aliphatic heterocycles. The number of esters is 1. The maximum absolute atomic E-state index is 13.7.